The molecule has 0 unspecified atom stereocenters. The minimum absolute atomic E-state index is 0. The van der Waals surface area contributed by atoms with Crippen molar-refractivity contribution in [2.75, 3.05) is 26.3 Å². The zero-order valence-electron chi connectivity index (χ0n) is 16.0. The summed E-state index contributed by atoms with van der Waals surface area (Å²) in [6.45, 7) is 1.53. The van der Waals surface area contributed by atoms with Gasteiger partial charge in [-0.2, -0.15) is 0 Å². The molecule has 1 aromatic carbocycles. The fourth-order valence-electron chi connectivity index (χ4n) is 3.87. The van der Waals surface area contributed by atoms with Crippen molar-refractivity contribution in [3.63, 3.8) is 0 Å². The van der Waals surface area contributed by atoms with Gasteiger partial charge in [0.15, 0.2) is 0 Å². The number of aromatic amines is 1. The van der Waals surface area contributed by atoms with E-state index in [2.05, 4.69) is 10.3 Å². The first kappa shape index (κ1) is 22.6. The van der Waals surface area contributed by atoms with Crippen LogP contribution in [0.3, 0.4) is 0 Å². The van der Waals surface area contributed by atoms with Crippen LogP contribution in [-0.4, -0.2) is 43.2 Å². The van der Waals surface area contributed by atoms with Gasteiger partial charge >= 0.3 is 0 Å². The summed E-state index contributed by atoms with van der Waals surface area (Å²) in [7, 11) is 0. The van der Waals surface area contributed by atoms with E-state index in [-0.39, 0.29) is 36.1 Å². The van der Waals surface area contributed by atoms with Crippen LogP contribution >= 0.6 is 12.4 Å². The average Bonchev–Trinajstić information content (AvgIpc) is 3.05. The van der Waals surface area contributed by atoms with Gasteiger partial charge in [-0.25, -0.2) is 4.39 Å². The molecule has 0 bridgehead atoms. The number of carbonyl (C=O) groups is 1. The maximum atomic E-state index is 13.8. The normalized spacial score (nSPS) is 16.0. The Bertz CT molecular complexity index is 777. The molecule has 1 aliphatic rings. The first-order valence-corrected chi connectivity index (χ1v) is 9.73. The number of amides is 1. The fraction of sp³-hybridized carbons (Fsp3) is 0.550. The smallest absolute Gasteiger partial charge is 0.268 e. The predicted octanol–water partition coefficient (Wildman–Crippen LogP) is 2.81. The lowest BCUT2D eigenvalue weighted by atomic mass is 9.82. The van der Waals surface area contributed by atoms with Gasteiger partial charge in [-0.15, -0.1) is 12.4 Å². The van der Waals surface area contributed by atoms with E-state index >= 15 is 0 Å². The van der Waals surface area contributed by atoms with Gasteiger partial charge in [-0.3, -0.25) is 4.79 Å². The second-order valence-corrected chi connectivity index (χ2v) is 7.27. The summed E-state index contributed by atoms with van der Waals surface area (Å²) < 4.78 is 19.2. The first-order valence-electron chi connectivity index (χ1n) is 9.73. The largest absolute Gasteiger partial charge is 0.378 e. The monoisotopic (exact) mass is 412 g/mol. The van der Waals surface area contributed by atoms with Gasteiger partial charge in [-0.1, -0.05) is 19.3 Å². The van der Waals surface area contributed by atoms with Crippen LogP contribution in [0.5, 0.6) is 0 Å². The molecule has 2 aromatic rings. The standard InChI is InChI=1S/C20H29FN4O2.ClH/c21-14-6-7-17-16(10-14)18(13-4-2-1-3-5-13)19(25-17)20(26)24-11-15(23)12-27-9-8-22;/h6-7,10,13,15,25H,1-5,8-9,11-12,22-23H2,(H,24,26);1H/t15-;/m1./s1. The fourth-order valence-corrected chi connectivity index (χ4v) is 3.87. The summed E-state index contributed by atoms with van der Waals surface area (Å²) in [6.07, 6.45) is 5.53. The molecule has 3 rings (SSSR count). The van der Waals surface area contributed by atoms with Crippen molar-refractivity contribution < 1.29 is 13.9 Å². The number of carbonyl (C=O) groups excluding carboxylic acids is 1. The topological polar surface area (TPSA) is 106 Å². The molecule has 6 nitrogen and oxygen atoms in total. The number of halogens is 2. The predicted molar refractivity (Wildman–Crippen MR) is 112 cm³/mol. The first-order chi connectivity index (χ1) is 13.1. The molecular formula is C20H30ClFN4O2. The number of hydrogen-bond acceptors (Lipinski definition) is 4. The Balaban J connectivity index is 0.00000280. The Morgan fingerprint density at radius 3 is 2.79 bits per heavy atom. The number of fused-ring (bicyclic) bond motifs is 1. The minimum atomic E-state index is -0.305. The second-order valence-electron chi connectivity index (χ2n) is 7.27. The summed E-state index contributed by atoms with van der Waals surface area (Å²) >= 11 is 0. The van der Waals surface area contributed by atoms with Crippen LogP contribution in [0.2, 0.25) is 0 Å². The number of nitrogens with one attached hydrogen (secondary N) is 2. The van der Waals surface area contributed by atoms with Crippen molar-refractivity contribution in [1.82, 2.24) is 10.3 Å². The molecule has 6 N–H and O–H groups in total. The summed E-state index contributed by atoms with van der Waals surface area (Å²) in [5.41, 5.74) is 13.6. The van der Waals surface area contributed by atoms with Crippen LogP contribution < -0.4 is 16.8 Å². The van der Waals surface area contributed by atoms with Gasteiger partial charge in [0, 0.05) is 30.0 Å². The lowest BCUT2D eigenvalue weighted by Gasteiger charge is -2.23. The quantitative estimate of drug-likeness (QED) is 0.500. The number of benzene rings is 1. The summed E-state index contributed by atoms with van der Waals surface area (Å²) in [5, 5.41) is 3.69. The number of aromatic nitrogens is 1. The van der Waals surface area contributed by atoms with E-state index in [1.54, 1.807) is 6.07 Å². The maximum Gasteiger partial charge on any atom is 0.268 e. The molecule has 0 radical (unpaired) electrons. The van der Waals surface area contributed by atoms with Crippen molar-refractivity contribution in [3.8, 4) is 0 Å². The molecule has 0 aliphatic heterocycles. The molecule has 8 heteroatoms. The van der Waals surface area contributed by atoms with Crippen LogP contribution in [-0.2, 0) is 4.74 Å². The molecule has 1 amide bonds. The molecule has 1 aromatic heterocycles. The Labute approximate surface area is 171 Å². The van der Waals surface area contributed by atoms with E-state index in [0.717, 1.165) is 42.1 Å². The van der Waals surface area contributed by atoms with Gasteiger partial charge in [0.1, 0.15) is 11.5 Å². The third-order valence-electron chi connectivity index (χ3n) is 5.16. The number of rotatable bonds is 8. The highest BCUT2D eigenvalue weighted by atomic mass is 35.5. The Morgan fingerprint density at radius 1 is 1.32 bits per heavy atom. The highest BCUT2D eigenvalue weighted by molar-refractivity contribution is 6.01. The van der Waals surface area contributed by atoms with E-state index in [4.69, 9.17) is 16.2 Å². The van der Waals surface area contributed by atoms with Crippen molar-refractivity contribution in [2.45, 2.75) is 44.1 Å². The van der Waals surface area contributed by atoms with E-state index in [9.17, 15) is 9.18 Å². The highest BCUT2D eigenvalue weighted by Crippen LogP contribution is 2.38. The van der Waals surface area contributed by atoms with Crippen LogP contribution in [0.4, 0.5) is 4.39 Å². The zero-order valence-corrected chi connectivity index (χ0v) is 16.8. The number of H-pyrrole nitrogens is 1. The third-order valence-corrected chi connectivity index (χ3v) is 5.16. The molecule has 156 valence electrons. The summed E-state index contributed by atoms with van der Waals surface area (Å²) in [5.74, 6) is -0.220. The lowest BCUT2D eigenvalue weighted by molar-refractivity contribution is 0.0927. The van der Waals surface area contributed by atoms with Crippen molar-refractivity contribution in [3.05, 3.63) is 35.3 Å². The number of nitrogens with two attached hydrogens (primary N) is 2. The van der Waals surface area contributed by atoms with Crippen molar-refractivity contribution in [2.24, 2.45) is 11.5 Å². The average molecular weight is 413 g/mol. The van der Waals surface area contributed by atoms with Crippen LogP contribution in [0.15, 0.2) is 18.2 Å². The molecule has 1 aliphatic carbocycles. The lowest BCUT2D eigenvalue weighted by Crippen LogP contribution is -2.40. The highest BCUT2D eigenvalue weighted by Gasteiger charge is 2.26. The minimum Gasteiger partial charge on any atom is -0.378 e. The third kappa shape index (κ3) is 5.44. The molecule has 1 heterocycles. The van der Waals surface area contributed by atoms with Crippen LogP contribution in [0.1, 0.15) is 54.1 Å². The molecule has 1 saturated carbocycles. The summed E-state index contributed by atoms with van der Waals surface area (Å²) in [6, 6.07) is 4.33. The maximum absolute atomic E-state index is 13.8. The molecular weight excluding hydrogens is 383 g/mol. The van der Waals surface area contributed by atoms with Crippen molar-refractivity contribution >= 4 is 29.2 Å². The van der Waals surface area contributed by atoms with E-state index in [1.807, 2.05) is 0 Å². The van der Waals surface area contributed by atoms with E-state index in [0.29, 0.717) is 32.0 Å². The molecule has 0 saturated heterocycles. The molecule has 28 heavy (non-hydrogen) atoms. The van der Waals surface area contributed by atoms with Gasteiger partial charge in [0.2, 0.25) is 0 Å². The van der Waals surface area contributed by atoms with Crippen molar-refractivity contribution in [1.29, 1.82) is 0 Å². The number of ether oxygens (including phenoxy) is 1. The Hall–Kier alpha value is -1.67. The second kappa shape index (κ2) is 10.8. The van der Waals surface area contributed by atoms with Crippen LogP contribution in [0.25, 0.3) is 10.9 Å². The van der Waals surface area contributed by atoms with E-state index in [1.165, 1.54) is 18.6 Å². The van der Waals surface area contributed by atoms with Gasteiger partial charge < -0.3 is 26.5 Å². The zero-order chi connectivity index (χ0) is 19.2. The Kier molecular flexibility index (Phi) is 8.69. The molecule has 0 spiro atoms. The van der Waals surface area contributed by atoms with Gasteiger partial charge in [0.25, 0.3) is 5.91 Å². The van der Waals surface area contributed by atoms with Gasteiger partial charge in [-0.05, 0) is 42.5 Å². The number of hydrogen-bond donors (Lipinski definition) is 4. The molecule has 1 fully saturated rings. The SMILES string of the molecule is Cl.NCCOC[C@H](N)CNC(=O)c1[nH]c2ccc(F)cc2c1C1CCCCC1. The molecule has 1 atom stereocenters. The van der Waals surface area contributed by atoms with E-state index < -0.39 is 0 Å². The van der Waals surface area contributed by atoms with Gasteiger partial charge in [0.05, 0.1) is 13.2 Å². The Morgan fingerprint density at radius 2 is 2.07 bits per heavy atom. The van der Waals surface area contributed by atoms with Crippen LogP contribution in [0, 0.1) is 5.82 Å². The summed E-state index contributed by atoms with van der Waals surface area (Å²) in [4.78, 5) is 16.0.